The number of nitrogens with zero attached hydrogens (tertiary/aromatic N) is 4. The number of sulfonamides is 1. The highest BCUT2D eigenvalue weighted by molar-refractivity contribution is 14.1. The van der Waals surface area contributed by atoms with Crippen molar-refractivity contribution in [3.8, 4) is 0 Å². The van der Waals surface area contributed by atoms with Crippen molar-refractivity contribution in [1.82, 2.24) is 24.8 Å². The van der Waals surface area contributed by atoms with Gasteiger partial charge in [-0.2, -0.15) is 0 Å². The van der Waals surface area contributed by atoms with Crippen molar-refractivity contribution in [3.63, 3.8) is 0 Å². The highest BCUT2D eigenvalue weighted by atomic mass is 127. The van der Waals surface area contributed by atoms with E-state index in [1.165, 1.54) is 0 Å². The van der Waals surface area contributed by atoms with E-state index < -0.39 is 10.0 Å². The van der Waals surface area contributed by atoms with Gasteiger partial charge in [-0.15, -0.1) is 10.2 Å². The molecule has 3 aliphatic rings. The first-order valence-corrected chi connectivity index (χ1v) is 12.3. The van der Waals surface area contributed by atoms with Gasteiger partial charge in [-0.1, -0.05) is 19.9 Å². The molecule has 1 aliphatic heterocycles. The maximum absolute atomic E-state index is 12.4. The maximum atomic E-state index is 12.4. The topological polar surface area (TPSA) is 101 Å². The molecule has 28 heavy (non-hydrogen) atoms. The van der Waals surface area contributed by atoms with Crippen LogP contribution < -0.4 is 10.0 Å². The lowest BCUT2D eigenvalue weighted by molar-refractivity contribution is 0.439. The third-order valence-electron chi connectivity index (χ3n) is 5.69. The molecule has 0 saturated heterocycles. The predicted octanol–water partition coefficient (Wildman–Crippen LogP) is 2.40. The molecule has 2 aliphatic carbocycles. The molecular formula is C18H25IN6O2S. The lowest BCUT2D eigenvalue weighted by atomic mass is 9.93. The van der Waals surface area contributed by atoms with Crippen molar-refractivity contribution >= 4 is 38.8 Å². The summed E-state index contributed by atoms with van der Waals surface area (Å²) < 4.78 is 30.9. The van der Waals surface area contributed by atoms with Crippen molar-refractivity contribution in [2.75, 3.05) is 0 Å². The van der Waals surface area contributed by atoms with Gasteiger partial charge in [0.1, 0.15) is 11.6 Å². The number of halogens is 1. The Balaban J connectivity index is 1.60. The summed E-state index contributed by atoms with van der Waals surface area (Å²) in [6.45, 7) is 6.66. The largest absolute Gasteiger partial charge is 0.346 e. The van der Waals surface area contributed by atoms with Gasteiger partial charge in [0.05, 0.1) is 18.0 Å². The predicted molar refractivity (Wildman–Crippen MR) is 117 cm³/mol. The minimum atomic E-state index is -3.18. The summed E-state index contributed by atoms with van der Waals surface area (Å²) in [5, 5.41) is 11.7. The summed E-state index contributed by atoms with van der Waals surface area (Å²) in [4.78, 5) is 4.29. The number of nitrogens with one attached hydrogen (secondary N) is 2. The maximum Gasteiger partial charge on any atom is 0.214 e. The summed E-state index contributed by atoms with van der Waals surface area (Å²) in [5.41, 5.74) is 0. The summed E-state index contributed by atoms with van der Waals surface area (Å²) in [6, 6.07) is -0.0328. The molecule has 0 unspecified atom stereocenters. The van der Waals surface area contributed by atoms with Crippen LogP contribution in [-0.4, -0.2) is 40.7 Å². The zero-order valence-electron chi connectivity index (χ0n) is 15.8. The zero-order valence-corrected chi connectivity index (χ0v) is 18.8. The number of hydrogen-bond acceptors (Lipinski definition) is 6. The second-order valence-electron chi connectivity index (χ2n) is 7.75. The van der Waals surface area contributed by atoms with Crippen LogP contribution in [0.5, 0.6) is 0 Å². The molecule has 0 aromatic carbocycles. The number of rotatable bonds is 5. The Labute approximate surface area is 179 Å². The normalized spacial score (nSPS) is 30.0. The number of aromatic nitrogens is 3. The second-order valence-corrected chi connectivity index (χ2v) is 11.1. The summed E-state index contributed by atoms with van der Waals surface area (Å²) >= 11 is 2.28. The van der Waals surface area contributed by atoms with Crippen molar-refractivity contribution in [2.45, 2.75) is 62.8 Å². The van der Waals surface area contributed by atoms with Gasteiger partial charge in [-0.05, 0) is 54.2 Å². The third kappa shape index (κ3) is 4.18. The fourth-order valence-corrected chi connectivity index (χ4v) is 6.19. The van der Waals surface area contributed by atoms with Gasteiger partial charge in [-0.3, -0.25) is 0 Å². The van der Waals surface area contributed by atoms with E-state index in [1.807, 2.05) is 6.20 Å². The van der Waals surface area contributed by atoms with Crippen LogP contribution >= 0.6 is 22.6 Å². The Hall–Kier alpha value is -1.27. The fourth-order valence-electron chi connectivity index (χ4n) is 4.09. The molecule has 2 fully saturated rings. The average Bonchev–Trinajstić information content (AvgIpc) is 3.33. The molecule has 8 nitrogen and oxygen atoms in total. The van der Waals surface area contributed by atoms with E-state index in [0.29, 0.717) is 24.1 Å². The van der Waals surface area contributed by atoms with E-state index in [9.17, 15) is 8.42 Å². The highest BCUT2D eigenvalue weighted by Gasteiger charge is 2.42. The number of aliphatic imine (C=N–C) groups is 1. The van der Waals surface area contributed by atoms with E-state index in [0.717, 1.165) is 41.5 Å². The molecule has 0 bridgehead atoms. The molecule has 2 heterocycles. The number of allylic oxidation sites excluding steroid dienone is 1. The Morgan fingerprint density at radius 1 is 1.36 bits per heavy atom. The fraction of sp³-hybridized carbons (Fsp3) is 0.611. The molecule has 0 spiro atoms. The lowest BCUT2D eigenvalue weighted by Crippen LogP contribution is -2.35. The SMILES string of the molecule is C=C1N=Cc2nnc([C@H]3C[C@@H](NS(=O)(=O)C4CC4)C[C@H]3CC)n2C/C(I)=C\N1. The molecule has 0 radical (unpaired) electrons. The van der Waals surface area contributed by atoms with Crippen LogP contribution in [0.3, 0.4) is 0 Å². The average molecular weight is 516 g/mol. The van der Waals surface area contributed by atoms with Crippen molar-refractivity contribution in [2.24, 2.45) is 10.9 Å². The van der Waals surface area contributed by atoms with Crippen LogP contribution in [0.15, 0.2) is 27.2 Å². The molecule has 1 aromatic rings. The van der Waals surface area contributed by atoms with Gasteiger partial charge in [0.2, 0.25) is 10.0 Å². The Bertz CT molecular complexity index is 934. The molecular weight excluding hydrogens is 491 g/mol. The quantitative estimate of drug-likeness (QED) is 0.586. The minimum Gasteiger partial charge on any atom is -0.346 e. The first-order chi connectivity index (χ1) is 13.4. The molecule has 2 N–H and O–H groups in total. The molecule has 10 heteroatoms. The third-order valence-corrected chi connectivity index (χ3v) is 8.36. The van der Waals surface area contributed by atoms with Crippen LogP contribution in [0.25, 0.3) is 0 Å². The van der Waals surface area contributed by atoms with Crippen molar-refractivity contribution in [3.05, 3.63) is 33.8 Å². The van der Waals surface area contributed by atoms with E-state index in [-0.39, 0.29) is 17.2 Å². The summed E-state index contributed by atoms with van der Waals surface area (Å²) in [5.74, 6) is 2.71. The second kappa shape index (κ2) is 7.86. The summed E-state index contributed by atoms with van der Waals surface area (Å²) in [7, 11) is -3.18. The lowest BCUT2D eigenvalue weighted by Gasteiger charge is -2.18. The van der Waals surface area contributed by atoms with Gasteiger partial charge >= 0.3 is 0 Å². The van der Waals surface area contributed by atoms with Crippen LogP contribution in [0.2, 0.25) is 0 Å². The smallest absolute Gasteiger partial charge is 0.214 e. The van der Waals surface area contributed by atoms with E-state index in [2.05, 4.69) is 65.9 Å². The van der Waals surface area contributed by atoms with Crippen LogP contribution in [-0.2, 0) is 16.6 Å². The molecule has 152 valence electrons. The van der Waals surface area contributed by atoms with Crippen LogP contribution in [0, 0.1) is 5.92 Å². The van der Waals surface area contributed by atoms with E-state index in [1.54, 1.807) is 6.21 Å². The van der Waals surface area contributed by atoms with Crippen LogP contribution in [0.1, 0.15) is 56.6 Å². The van der Waals surface area contributed by atoms with E-state index >= 15 is 0 Å². The Morgan fingerprint density at radius 2 is 2.14 bits per heavy atom. The van der Waals surface area contributed by atoms with Crippen molar-refractivity contribution in [1.29, 1.82) is 0 Å². The monoisotopic (exact) mass is 516 g/mol. The molecule has 0 amide bonds. The molecule has 3 atom stereocenters. The highest BCUT2D eigenvalue weighted by Crippen LogP contribution is 2.42. The Morgan fingerprint density at radius 3 is 2.86 bits per heavy atom. The Kier molecular flexibility index (Phi) is 5.62. The summed E-state index contributed by atoms with van der Waals surface area (Å²) in [6.07, 6.45) is 7.71. The minimum absolute atomic E-state index is 0.0328. The molecule has 1 aromatic heterocycles. The van der Waals surface area contributed by atoms with Gasteiger partial charge in [0.25, 0.3) is 0 Å². The number of hydrogen-bond donors (Lipinski definition) is 2. The standard InChI is InChI=1S/C18H25IN6O2S/c1-3-12-6-14(24-28(26,27)15-4-5-15)7-16(12)18-23-22-17-9-21-11(2)20-8-13(19)10-25(17)18/h8-9,12,14-16,20,24H,2-7,10H2,1H3/b13-8+,21-9?/t12-,14+,16+/m1/s1. The van der Waals surface area contributed by atoms with Gasteiger partial charge in [0, 0.05) is 21.7 Å². The van der Waals surface area contributed by atoms with Gasteiger partial charge in [0.15, 0.2) is 5.82 Å². The van der Waals surface area contributed by atoms with Gasteiger partial charge in [-0.25, -0.2) is 18.1 Å². The van der Waals surface area contributed by atoms with E-state index in [4.69, 9.17) is 0 Å². The zero-order chi connectivity index (χ0) is 19.9. The number of fused-ring (bicyclic) bond motifs is 1. The molecule has 2 saturated carbocycles. The first-order valence-electron chi connectivity index (χ1n) is 9.65. The van der Waals surface area contributed by atoms with Crippen LogP contribution in [0.4, 0.5) is 0 Å². The van der Waals surface area contributed by atoms with Crippen molar-refractivity contribution < 1.29 is 8.42 Å². The molecule has 4 rings (SSSR count). The first kappa shape index (κ1) is 20.0. The van der Waals surface area contributed by atoms with Gasteiger partial charge < -0.3 is 9.88 Å².